The van der Waals surface area contributed by atoms with Gasteiger partial charge in [-0.2, -0.15) is 5.26 Å². The molecule has 0 radical (unpaired) electrons. The zero-order chi connectivity index (χ0) is 29.2. The van der Waals surface area contributed by atoms with E-state index in [1.165, 1.54) is 11.8 Å². The van der Waals surface area contributed by atoms with Crippen molar-refractivity contribution in [1.29, 1.82) is 5.26 Å². The highest BCUT2D eigenvalue weighted by atomic mass is 32.2. The molecule has 8 heteroatoms. The maximum atomic E-state index is 10.3. The third-order valence-corrected chi connectivity index (χ3v) is 8.77. The zero-order valence-electron chi connectivity index (χ0n) is 24.2. The number of thioether (sulfide) groups is 2. The average molecular weight is 570 g/mol. The summed E-state index contributed by atoms with van der Waals surface area (Å²) < 4.78 is 0.826. The molecule has 212 valence electrons. The molecule has 2 unspecified atom stereocenters. The van der Waals surface area contributed by atoms with Gasteiger partial charge < -0.3 is 20.5 Å². The van der Waals surface area contributed by atoms with Gasteiger partial charge in [-0.05, 0) is 65.0 Å². The number of carbonyl (C=O) groups excluding carboxylic acids is 1. The second-order valence-corrected chi connectivity index (χ2v) is 13.4. The summed E-state index contributed by atoms with van der Waals surface area (Å²) in [6.45, 7) is 14.7. The Kier molecular flexibility index (Phi) is 27.6. The molecule has 0 fully saturated rings. The van der Waals surface area contributed by atoms with Crippen molar-refractivity contribution in [3.05, 3.63) is 0 Å². The number of unbranched alkanes of at least 4 members (excludes halogenated alkanes) is 2. The molecule has 0 amide bonds. The number of aldehydes is 1. The molecule has 37 heavy (non-hydrogen) atoms. The minimum Gasteiger partial charge on any atom is -0.379 e. The van der Waals surface area contributed by atoms with Crippen LogP contribution >= 0.6 is 35.7 Å². The van der Waals surface area contributed by atoms with E-state index in [1.54, 1.807) is 11.8 Å². The summed E-state index contributed by atoms with van der Waals surface area (Å²) in [4.78, 5) is 9.55. The van der Waals surface area contributed by atoms with E-state index in [0.717, 1.165) is 67.2 Å². The lowest BCUT2D eigenvalue weighted by molar-refractivity contribution is -0.108. The number of thiocarbonyl (C=S) groups is 1. The van der Waals surface area contributed by atoms with Gasteiger partial charge in [0.2, 0.25) is 0 Å². The van der Waals surface area contributed by atoms with Crippen LogP contribution in [0, 0.1) is 46.8 Å². The van der Waals surface area contributed by atoms with Crippen LogP contribution in [0.5, 0.6) is 0 Å². The van der Waals surface area contributed by atoms with E-state index in [-0.39, 0.29) is 10.8 Å². The van der Waals surface area contributed by atoms with Crippen molar-refractivity contribution < 1.29 is 9.90 Å². The number of hydrogen-bond donors (Lipinski definition) is 3. The molecule has 0 aliphatic carbocycles. The SMILES string of the molecule is C#CCCCCNCCSC(=S)SC(C)(O)CCC.C#CCNC.CCC(C)(C)C(C)(C#N)CCC=O. The zero-order valence-corrected chi connectivity index (χ0v) is 26.7. The highest BCUT2D eigenvalue weighted by molar-refractivity contribution is 8.47. The molecule has 0 aromatic carbocycles. The summed E-state index contributed by atoms with van der Waals surface area (Å²) in [5, 5.41) is 25.3. The standard InChI is InChI=1S/C14H25NOS3.C11H19NO.C4H7N/c1-4-6-7-8-10-15-11-12-18-13(17)19-14(3,16)9-5-2;1-5-10(2,3)11(4,9-12)7-6-8-13;1-3-4-5-2/h1,15-16H,5-12H2,2-3H3;8H,5-7H2,1-4H3;1,5H,4H2,2H3. The summed E-state index contributed by atoms with van der Waals surface area (Å²) in [7, 11) is 1.82. The van der Waals surface area contributed by atoms with Gasteiger partial charge in [0.05, 0.1) is 18.0 Å². The Hall–Kier alpha value is -1.05. The fourth-order valence-corrected chi connectivity index (χ4v) is 5.81. The number of nitriles is 1. The Morgan fingerprint density at radius 1 is 1.11 bits per heavy atom. The predicted molar refractivity (Wildman–Crippen MR) is 170 cm³/mol. The first-order chi connectivity index (χ1) is 17.4. The maximum Gasteiger partial charge on any atom is 0.120 e. The van der Waals surface area contributed by atoms with Crippen molar-refractivity contribution in [2.24, 2.45) is 10.8 Å². The van der Waals surface area contributed by atoms with Gasteiger partial charge in [0.1, 0.15) is 14.7 Å². The third-order valence-electron chi connectivity index (χ3n) is 6.11. The summed E-state index contributed by atoms with van der Waals surface area (Å²) in [6, 6.07) is 2.35. The van der Waals surface area contributed by atoms with Crippen LogP contribution in [-0.2, 0) is 4.79 Å². The van der Waals surface area contributed by atoms with E-state index in [4.69, 9.17) is 30.3 Å². The fraction of sp³-hybridized carbons (Fsp3) is 0.759. The molecule has 5 nitrogen and oxygen atoms in total. The molecule has 0 spiro atoms. The van der Waals surface area contributed by atoms with Crippen LogP contribution < -0.4 is 10.6 Å². The van der Waals surface area contributed by atoms with E-state index in [9.17, 15) is 9.90 Å². The number of carbonyl (C=O) groups is 1. The van der Waals surface area contributed by atoms with Crippen molar-refractivity contribution in [2.75, 3.05) is 32.4 Å². The van der Waals surface area contributed by atoms with Crippen LogP contribution in [0.25, 0.3) is 0 Å². The van der Waals surface area contributed by atoms with Gasteiger partial charge in [-0.15, -0.1) is 30.5 Å². The van der Waals surface area contributed by atoms with Crippen LogP contribution in [0.15, 0.2) is 0 Å². The van der Waals surface area contributed by atoms with Crippen molar-refractivity contribution in [2.45, 2.75) is 97.8 Å². The van der Waals surface area contributed by atoms with Crippen molar-refractivity contribution >= 4 is 45.6 Å². The topological polar surface area (TPSA) is 85.2 Å². The summed E-state index contributed by atoms with van der Waals surface area (Å²) in [5.41, 5.74) is -0.409. The minimum absolute atomic E-state index is 0.0231. The predicted octanol–water partition coefficient (Wildman–Crippen LogP) is 6.41. The Bertz CT molecular complexity index is 721. The molecule has 0 bridgehead atoms. The highest BCUT2D eigenvalue weighted by Gasteiger charge is 2.39. The molecule has 2 atom stereocenters. The molecular formula is C29H51N3O2S3. The first-order valence-corrected chi connectivity index (χ1v) is 15.2. The smallest absolute Gasteiger partial charge is 0.120 e. The van der Waals surface area contributed by atoms with Crippen LogP contribution in [0.2, 0.25) is 0 Å². The van der Waals surface area contributed by atoms with Gasteiger partial charge in [-0.25, -0.2) is 0 Å². The van der Waals surface area contributed by atoms with E-state index in [0.29, 0.717) is 19.4 Å². The first kappa shape index (κ1) is 40.4. The fourth-order valence-electron chi connectivity index (χ4n) is 2.92. The molecular weight excluding hydrogens is 519 g/mol. The van der Waals surface area contributed by atoms with Crippen molar-refractivity contribution in [3.8, 4) is 30.8 Å². The average Bonchev–Trinajstić information content (AvgIpc) is 2.85. The molecule has 0 aliphatic heterocycles. The number of terminal acetylenes is 2. The molecule has 0 aliphatic rings. The quantitative estimate of drug-likeness (QED) is 0.0646. The third kappa shape index (κ3) is 23.8. The van der Waals surface area contributed by atoms with Gasteiger partial charge in [-0.3, -0.25) is 0 Å². The number of hydrogen-bond acceptors (Lipinski definition) is 8. The lowest BCUT2D eigenvalue weighted by Gasteiger charge is -2.38. The lowest BCUT2D eigenvalue weighted by atomic mass is 9.64. The number of rotatable bonds is 16. The maximum absolute atomic E-state index is 10.3. The minimum atomic E-state index is -0.721. The summed E-state index contributed by atoms with van der Waals surface area (Å²) >= 11 is 8.31. The van der Waals surface area contributed by atoms with Crippen molar-refractivity contribution in [3.63, 3.8) is 0 Å². The molecule has 3 N–H and O–H groups in total. The van der Waals surface area contributed by atoms with Crippen LogP contribution in [-0.4, -0.2) is 52.3 Å². The number of nitrogens with zero attached hydrogens (tertiary/aromatic N) is 1. The van der Waals surface area contributed by atoms with E-state index < -0.39 is 4.93 Å². The second kappa shape index (κ2) is 25.2. The van der Waals surface area contributed by atoms with Gasteiger partial charge in [0.15, 0.2) is 0 Å². The van der Waals surface area contributed by atoms with Crippen LogP contribution in [0.4, 0.5) is 0 Å². The Labute approximate surface area is 242 Å². The van der Waals surface area contributed by atoms with Crippen molar-refractivity contribution in [1.82, 2.24) is 10.6 Å². The Morgan fingerprint density at radius 3 is 2.19 bits per heavy atom. The van der Waals surface area contributed by atoms with Gasteiger partial charge in [0, 0.05) is 25.1 Å². The molecule has 0 aromatic heterocycles. The van der Waals surface area contributed by atoms with E-state index >= 15 is 0 Å². The van der Waals surface area contributed by atoms with Gasteiger partial charge in [0.25, 0.3) is 0 Å². The monoisotopic (exact) mass is 569 g/mol. The lowest BCUT2D eigenvalue weighted by Crippen LogP contribution is -2.33. The largest absolute Gasteiger partial charge is 0.379 e. The molecule has 0 saturated heterocycles. The number of nitrogens with one attached hydrogen (secondary N) is 2. The molecule has 0 rings (SSSR count). The normalized spacial score (nSPS) is 13.5. The molecule has 0 aromatic rings. The van der Waals surface area contributed by atoms with Crippen LogP contribution in [0.3, 0.4) is 0 Å². The van der Waals surface area contributed by atoms with E-state index in [2.05, 4.69) is 56.2 Å². The summed E-state index contributed by atoms with van der Waals surface area (Å²) in [5.74, 6) is 6.00. The van der Waals surface area contributed by atoms with Gasteiger partial charge in [-0.1, -0.05) is 64.0 Å². The molecule has 0 heterocycles. The highest BCUT2D eigenvalue weighted by Crippen LogP contribution is 2.44. The van der Waals surface area contributed by atoms with Crippen LogP contribution in [0.1, 0.15) is 92.9 Å². The number of aliphatic hydroxyl groups is 1. The first-order valence-electron chi connectivity index (χ1n) is 13.0. The van der Waals surface area contributed by atoms with E-state index in [1.807, 2.05) is 20.9 Å². The van der Waals surface area contributed by atoms with Gasteiger partial charge >= 0.3 is 0 Å². The Balaban J connectivity index is -0.000000552. The second-order valence-electron chi connectivity index (χ2n) is 9.66. The Morgan fingerprint density at radius 2 is 1.76 bits per heavy atom. The summed E-state index contributed by atoms with van der Waals surface area (Å²) in [6.07, 6.45) is 17.8. The molecule has 0 saturated carbocycles.